The lowest BCUT2D eigenvalue weighted by Crippen LogP contribution is -2.39. The molecule has 8 nitrogen and oxygen atoms in total. The highest BCUT2D eigenvalue weighted by Gasteiger charge is 2.09. The van der Waals surface area contributed by atoms with Crippen LogP contribution < -0.4 is 15.4 Å². The van der Waals surface area contributed by atoms with Crippen LogP contribution in [0, 0.1) is 11.6 Å². The van der Waals surface area contributed by atoms with E-state index in [2.05, 4.69) is 30.8 Å². The van der Waals surface area contributed by atoms with Gasteiger partial charge in [-0.1, -0.05) is 0 Å². The Morgan fingerprint density at radius 1 is 1.30 bits per heavy atom. The van der Waals surface area contributed by atoms with Gasteiger partial charge in [-0.3, -0.25) is 10.1 Å². The number of guanidine groups is 1. The fraction of sp³-hybridized carbons (Fsp3) is 0.235. The van der Waals surface area contributed by atoms with E-state index in [1.807, 2.05) is 0 Å². The number of furan rings is 1. The van der Waals surface area contributed by atoms with Crippen molar-refractivity contribution in [3.05, 3.63) is 54.1 Å². The van der Waals surface area contributed by atoms with Crippen LogP contribution in [0.3, 0.4) is 0 Å². The molecule has 1 aromatic carbocycles. The van der Waals surface area contributed by atoms with E-state index < -0.39 is 11.6 Å². The van der Waals surface area contributed by atoms with Crippen LogP contribution in [0.1, 0.15) is 5.82 Å². The van der Waals surface area contributed by atoms with E-state index in [1.165, 1.54) is 6.07 Å². The first kappa shape index (κ1) is 18.4. The number of nitrogens with one attached hydrogen (secondary N) is 3. The number of aromatic nitrogens is 3. The normalized spacial score (nSPS) is 11.4. The lowest BCUT2D eigenvalue weighted by Gasteiger charge is -2.12. The average Bonchev–Trinajstić information content (AvgIpc) is 3.34. The number of aliphatic imine (C=N–C) groups is 1. The quantitative estimate of drug-likeness (QED) is 0.332. The van der Waals surface area contributed by atoms with Crippen molar-refractivity contribution in [2.45, 2.75) is 6.54 Å². The number of rotatable bonds is 7. The van der Waals surface area contributed by atoms with Gasteiger partial charge in [0.25, 0.3) is 0 Å². The molecule has 3 rings (SSSR count). The molecule has 0 aliphatic carbocycles. The highest BCUT2D eigenvalue weighted by molar-refractivity contribution is 5.79. The van der Waals surface area contributed by atoms with Gasteiger partial charge in [-0.05, 0) is 24.3 Å². The molecule has 2 aromatic heterocycles. The van der Waals surface area contributed by atoms with Gasteiger partial charge in [0.1, 0.15) is 18.2 Å². The maximum absolute atomic E-state index is 13.5. The van der Waals surface area contributed by atoms with E-state index in [9.17, 15) is 8.78 Å². The average molecular weight is 376 g/mol. The summed E-state index contributed by atoms with van der Waals surface area (Å²) in [7, 11) is 1.62. The minimum atomic E-state index is -0.741. The summed E-state index contributed by atoms with van der Waals surface area (Å²) in [5.41, 5.74) is 0. The van der Waals surface area contributed by atoms with Crippen molar-refractivity contribution in [3.8, 4) is 17.3 Å². The molecule has 0 radical (unpaired) electrons. The molecule has 10 heteroatoms. The summed E-state index contributed by atoms with van der Waals surface area (Å²) in [5.74, 6) is 0.761. The van der Waals surface area contributed by atoms with Crippen LogP contribution in [-0.2, 0) is 6.54 Å². The SMILES string of the molecule is CN=C(NCCOc1ccc(F)cc1F)NCc1nc(-c2ccco2)n[nH]1. The fourth-order valence-electron chi connectivity index (χ4n) is 2.20. The minimum Gasteiger partial charge on any atom is -0.489 e. The number of hydrogen-bond acceptors (Lipinski definition) is 5. The molecule has 0 atom stereocenters. The van der Waals surface area contributed by atoms with Crippen molar-refractivity contribution < 1.29 is 17.9 Å². The van der Waals surface area contributed by atoms with E-state index >= 15 is 0 Å². The van der Waals surface area contributed by atoms with Crippen molar-refractivity contribution >= 4 is 5.96 Å². The summed E-state index contributed by atoms with van der Waals surface area (Å²) in [4.78, 5) is 8.38. The molecule has 0 spiro atoms. The van der Waals surface area contributed by atoms with Crippen LogP contribution in [0.5, 0.6) is 5.75 Å². The Morgan fingerprint density at radius 3 is 2.93 bits per heavy atom. The second kappa shape index (κ2) is 8.79. The number of halogens is 2. The zero-order valence-electron chi connectivity index (χ0n) is 14.5. The van der Waals surface area contributed by atoms with Gasteiger partial charge in [0, 0.05) is 13.1 Å². The van der Waals surface area contributed by atoms with Gasteiger partial charge in [0.2, 0.25) is 5.82 Å². The van der Waals surface area contributed by atoms with E-state index in [4.69, 9.17) is 9.15 Å². The predicted molar refractivity (Wildman–Crippen MR) is 94.1 cm³/mol. The highest BCUT2D eigenvalue weighted by atomic mass is 19.1. The lowest BCUT2D eigenvalue weighted by atomic mass is 10.3. The van der Waals surface area contributed by atoms with Crippen molar-refractivity contribution in [2.75, 3.05) is 20.2 Å². The van der Waals surface area contributed by atoms with E-state index in [0.29, 0.717) is 36.5 Å². The topological polar surface area (TPSA) is 100 Å². The van der Waals surface area contributed by atoms with Gasteiger partial charge >= 0.3 is 0 Å². The molecule has 0 aliphatic heterocycles. The number of benzene rings is 1. The maximum Gasteiger partial charge on any atom is 0.216 e. The third kappa shape index (κ3) is 5.03. The molecule has 27 heavy (non-hydrogen) atoms. The summed E-state index contributed by atoms with van der Waals surface area (Å²) in [5, 5.41) is 13.0. The molecular formula is C17H18F2N6O2. The molecule has 142 valence electrons. The molecule has 0 bridgehead atoms. The zero-order valence-corrected chi connectivity index (χ0v) is 14.5. The van der Waals surface area contributed by atoms with Gasteiger partial charge in [-0.15, -0.1) is 5.10 Å². The largest absolute Gasteiger partial charge is 0.489 e. The van der Waals surface area contributed by atoms with Crippen LogP contribution in [0.4, 0.5) is 8.78 Å². The Kier molecular flexibility index (Phi) is 5.98. The maximum atomic E-state index is 13.5. The van der Waals surface area contributed by atoms with Crippen LogP contribution in [0.25, 0.3) is 11.6 Å². The first-order chi connectivity index (χ1) is 13.2. The number of hydrogen-bond donors (Lipinski definition) is 3. The Bertz CT molecular complexity index is 895. The number of aromatic amines is 1. The summed E-state index contributed by atoms with van der Waals surface area (Å²) >= 11 is 0. The smallest absolute Gasteiger partial charge is 0.216 e. The Balaban J connectivity index is 1.42. The van der Waals surface area contributed by atoms with Crippen molar-refractivity contribution in [2.24, 2.45) is 4.99 Å². The first-order valence-corrected chi connectivity index (χ1v) is 8.13. The standard InChI is InChI=1S/C17H18F2N6O2/c1-20-17(21-6-8-27-13-5-4-11(18)9-12(13)19)22-10-15-23-16(25-24-15)14-3-2-7-26-14/h2-5,7,9H,6,8,10H2,1H3,(H2,20,21,22)(H,23,24,25). The van der Waals surface area contributed by atoms with E-state index in [0.717, 1.165) is 12.1 Å². The molecular weight excluding hydrogens is 358 g/mol. The summed E-state index contributed by atoms with van der Waals surface area (Å²) in [6.45, 7) is 0.902. The predicted octanol–water partition coefficient (Wildman–Crippen LogP) is 2.09. The Hall–Kier alpha value is -3.43. The second-order valence-electron chi connectivity index (χ2n) is 5.36. The summed E-state index contributed by atoms with van der Waals surface area (Å²) in [6.07, 6.45) is 1.55. The van der Waals surface area contributed by atoms with Gasteiger partial charge in [-0.2, -0.15) is 0 Å². The number of nitrogens with zero attached hydrogens (tertiary/aromatic N) is 3. The van der Waals surface area contributed by atoms with Gasteiger partial charge < -0.3 is 19.8 Å². The van der Waals surface area contributed by atoms with Crippen molar-refractivity contribution in [1.29, 1.82) is 0 Å². The number of H-pyrrole nitrogens is 1. The molecule has 3 N–H and O–H groups in total. The van der Waals surface area contributed by atoms with Crippen LogP contribution in [0.2, 0.25) is 0 Å². The molecule has 0 amide bonds. The zero-order chi connectivity index (χ0) is 19.1. The molecule has 2 heterocycles. The van der Waals surface area contributed by atoms with Crippen molar-refractivity contribution in [3.63, 3.8) is 0 Å². The van der Waals surface area contributed by atoms with Gasteiger partial charge in [0.05, 0.1) is 19.4 Å². The third-order valence-corrected chi connectivity index (χ3v) is 3.47. The molecule has 0 saturated carbocycles. The van der Waals surface area contributed by atoms with Crippen molar-refractivity contribution in [1.82, 2.24) is 25.8 Å². The van der Waals surface area contributed by atoms with Crippen LogP contribution >= 0.6 is 0 Å². The van der Waals surface area contributed by atoms with Gasteiger partial charge in [-0.25, -0.2) is 13.8 Å². The molecule has 0 fully saturated rings. The van der Waals surface area contributed by atoms with Gasteiger partial charge in [0.15, 0.2) is 23.3 Å². The monoisotopic (exact) mass is 376 g/mol. The van der Waals surface area contributed by atoms with E-state index in [-0.39, 0.29) is 12.4 Å². The Labute approximate surface area is 153 Å². The number of ether oxygens (including phenoxy) is 1. The first-order valence-electron chi connectivity index (χ1n) is 8.13. The molecule has 3 aromatic rings. The summed E-state index contributed by atoms with van der Waals surface area (Å²) < 4.78 is 36.8. The Morgan fingerprint density at radius 2 is 2.19 bits per heavy atom. The minimum absolute atomic E-state index is 0.00624. The highest BCUT2D eigenvalue weighted by Crippen LogP contribution is 2.17. The summed E-state index contributed by atoms with van der Waals surface area (Å²) in [6, 6.07) is 6.69. The van der Waals surface area contributed by atoms with Crippen LogP contribution in [0.15, 0.2) is 46.0 Å². The fourth-order valence-corrected chi connectivity index (χ4v) is 2.20. The second-order valence-corrected chi connectivity index (χ2v) is 5.36. The molecule has 0 unspecified atom stereocenters. The third-order valence-electron chi connectivity index (χ3n) is 3.47. The van der Waals surface area contributed by atoms with E-state index in [1.54, 1.807) is 25.4 Å². The molecule has 0 saturated heterocycles. The van der Waals surface area contributed by atoms with Crippen LogP contribution in [-0.4, -0.2) is 41.3 Å². The lowest BCUT2D eigenvalue weighted by molar-refractivity contribution is 0.304. The molecule has 0 aliphatic rings.